The minimum atomic E-state index is -0.178. The first kappa shape index (κ1) is 14.3. The number of amides is 1. The van der Waals surface area contributed by atoms with Crippen molar-refractivity contribution in [1.29, 1.82) is 0 Å². The third-order valence-corrected chi connectivity index (χ3v) is 2.68. The van der Waals surface area contributed by atoms with Gasteiger partial charge in [-0.15, -0.1) is 0 Å². The lowest BCUT2D eigenvalue weighted by Gasteiger charge is -2.21. The van der Waals surface area contributed by atoms with E-state index in [1.165, 1.54) is 7.11 Å². The van der Waals surface area contributed by atoms with Crippen LogP contribution in [0, 0.1) is 0 Å². The van der Waals surface area contributed by atoms with E-state index in [-0.39, 0.29) is 12.5 Å². The molecule has 0 aliphatic heterocycles. The third-order valence-electron chi connectivity index (χ3n) is 2.68. The Balaban J connectivity index is 3.08. The van der Waals surface area contributed by atoms with Crippen LogP contribution in [0.5, 0.6) is 11.5 Å². The molecule has 0 saturated heterocycles. The molecular weight excluding hydrogens is 234 g/mol. The number of aliphatic hydroxyl groups is 1. The van der Waals surface area contributed by atoms with Crippen LogP contribution in [-0.2, 0) is 0 Å². The Hall–Kier alpha value is -1.75. The lowest BCUT2D eigenvalue weighted by atomic mass is 10.1. The topological polar surface area (TPSA) is 59.0 Å². The van der Waals surface area contributed by atoms with Crippen molar-refractivity contribution in [3.8, 4) is 11.5 Å². The van der Waals surface area contributed by atoms with E-state index in [2.05, 4.69) is 0 Å². The average molecular weight is 253 g/mol. The van der Waals surface area contributed by atoms with Crippen LogP contribution in [0.2, 0.25) is 0 Å². The fraction of sp³-hybridized carbons (Fsp3) is 0.462. The number of aliphatic hydroxyl groups excluding tert-OH is 1. The predicted molar refractivity (Wildman–Crippen MR) is 68.2 cm³/mol. The van der Waals surface area contributed by atoms with Crippen LogP contribution in [-0.4, -0.2) is 49.8 Å². The molecule has 0 atom stereocenters. The van der Waals surface area contributed by atoms with Gasteiger partial charge in [-0.05, 0) is 25.1 Å². The number of hydrogen-bond donors (Lipinski definition) is 1. The van der Waals surface area contributed by atoms with Gasteiger partial charge < -0.3 is 19.5 Å². The monoisotopic (exact) mass is 253 g/mol. The highest BCUT2D eigenvalue weighted by Crippen LogP contribution is 2.25. The quantitative estimate of drug-likeness (QED) is 0.826. The second kappa shape index (κ2) is 6.86. The van der Waals surface area contributed by atoms with Crippen molar-refractivity contribution < 1.29 is 19.4 Å². The maximum Gasteiger partial charge on any atom is 0.257 e. The Bertz CT molecular complexity index is 406. The molecule has 5 nitrogen and oxygen atoms in total. The van der Waals surface area contributed by atoms with Crippen LogP contribution >= 0.6 is 0 Å². The molecule has 0 unspecified atom stereocenters. The van der Waals surface area contributed by atoms with Crippen LogP contribution in [0.25, 0.3) is 0 Å². The summed E-state index contributed by atoms with van der Waals surface area (Å²) in [7, 11) is 3.06. The number of hydrogen-bond acceptors (Lipinski definition) is 4. The summed E-state index contributed by atoms with van der Waals surface area (Å²) in [5.74, 6) is 0.915. The summed E-state index contributed by atoms with van der Waals surface area (Å²) in [6, 6.07) is 5.07. The summed E-state index contributed by atoms with van der Waals surface area (Å²) in [6.45, 7) is 2.63. The zero-order chi connectivity index (χ0) is 13.5. The average Bonchev–Trinajstić information content (AvgIpc) is 2.43. The second-order valence-corrected chi connectivity index (χ2v) is 3.67. The Morgan fingerprint density at radius 2 is 2.06 bits per heavy atom. The molecule has 0 spiro atoms. The summed E-state index contributed by atoms with van der Waals surface area (Å²) in [5, 5.41) is 8.94. The minimum absolute atomic E-state index is 0.0636. The predicted octanol–water partition coefficient (Wildman–Crippen LogP) is 1.16. The molecule has 18 heavy (non-hydrogen) atoms. The van der Waals surface area contributed by atoms with Crippen LogP contribution in [0.3, 0.4) is 0 Å². The lowest BCUT2D eigenvalue weighted by Crippen LogP contribution is -2.33. The maximum atomic E-state index is 12.3. The maximum absolute atomic E-state index is 12.3. The van der Waals surface area contributed by atoms with Crippen LogP contribution in [0.15, 0.2) is 18.2 Å². The highest BCUT2D eigenvalue weighted by Gasteiger charge is 2.18. The first-order valence-corrected chi connectivity index (χ1v) is 5.80. The molecule has 0 saturated carbocycles. The van der Waals surface area contributed by atoms with Crippen molar-refractivity contribution in [3.05, 3.63) is 23.8 Å². The zero-order valence-corrected chi connectivity index (χ0v) is 11.0. The summed E-state index contributed by atoms with van der Waals surface area (Å²) < 4.78 is 10.3. The standard InChI is InChI=1S/C13H19NO4/c1-4-14(7-8-15)13(16)11-9-10(17-2)5-6-12(11)18-3/h5-6,9,15H,4,7-8H2,1-3H3. The molecule has 0 aliphatic rings. The highest BCUT2D eigenvalue weighted by molar-refractivity contribution is 5.97. The SMILES string of the molecule is CCN(CCO)C(=O)c1cc(OC)ccc1OC. The van der Waals surface area contributed by atoms with Gasteiger partial charge in [-0.25, -0.2) is 0 Å². The summed E-state index contributed by atoms with van der Waals surface area (Å²) >= 11 is 0. The van der Waals surface area contributed by atoms with Gasteiger partial charge in [0.25, 0.3) is 5.91 Å². The molecular formula is C13H19NO4. The number of ether oxygens (including phenoxy) is 2. The number of carbonyl (C=O) groups excluding carboxylic acids is 1. The molecule has 0 aliphatic carbocycles. The van der Waals surface area contributed by atoms with Gasteiger partial charge in [0, 0.05) is 13.1 Å². The largest absolute Gasteiger partial charge is 0.497 e. The van der Waals surface area contributed by atoms with Crippen molar-refractivity contribution in [1.82, 2.24) is 4.90 Å². The molecule has 1 rings (SSSR count). The summed E-state index contributed by atoms with van der Waals surface area (Å²) in [6.07, 6.45) is 0. The molecule has 1 amide bonds. The molecule has 1 N–H and O–H groups in total. The second-order valence-electron chi connectivity index (χ2n) is 3.67. The Morgan fingerprint density at radius 3 is 2.56 bits per heavy atom. The number of rotatable bonds is 6. The summed E-state index contributed by atoms with van der Waals surface area (Å²) in [4.78, 5) is 13.8. The Kier molecular flexibility index (Phi) is 5.45. The molecule has 100 valence electrons. The van der Waals surface area contributed by atoms with Gasteiger partial charge in [-0.3, -0.25) is 4.79 Å². The van der Waals surface area contributed by atoms with Crippen LogP contribution in [0.1, 0.15) is 17.3 Å². The van der Waals surface area contributed by atoms with E-state index < -0.39 is 0 Å². The molecule has 0 bridgehead atoms. The molecule has 0 radical (unpaired) electrons. The van der Waals surface area contributed by atoms with Gasteiger partial charge in [0.1, 0.15) is 11.5 Å². The molecule has 1 aromatic carbocycles. The number of methoxy groups -OCH3 is 2. The minimum Gasteiger partial charge on any atom is -0.497 e. The number of carbonyl (C=O) groups is 1. The summed E-state index contributed by atoms with van der Waals surface area (Å²) in [5.41, 5.74) is 0.437. The lowest BCUT2D eigenvalue weighted by molar-refractivity contribution is 0.0728. The number of nitrogens with zero attached hydrogens (tertiary/aromatic N) is 1. The van der Waals surface area contributed by atoms with Gasteiger partial charge in [0.2, 0.25) is 0 Å². The smallest absolute Gasteiger partial charge is 0.257 e. The van der Waals surface area contributed by atoms with E-state index in [1.54, 1.807) is 30.2 Å². The van der Waals surface area contributed by atoms with Gasteiger partial charge in [0.15, 0.2) is 0 Å². The molecule has 1 aromatic rings. The Labute approximate surface area is 107 Å². The first-order valence-electron chi connectivity index (χ1n) is 5.80. The zero-order valence-electron chi connectivity index (χ0n) is 11.0. The fourth-order valence-corrected chi connectivity index (χ4v) is 1.68. The Morgan fingerprint density at radius 1 is 1.33 bits per heavy atom. The van der Waals surface area contributed by atoms with E-state index in [9.17, 15) is 4.79 Å². The normalized spacial score (nSPS) is 10.0. The van der Waals surface area contributed by atoms with Crippen molar-refractivity contribution in [2.75, 3.05) is 33.9 Å². The van der Waals surface area contributed by atoms with Crippen molar-refractivity contribution in [2.24, 2.45) is 0 Å². The highest BCUT2D eigenvalue weighted by atomic mass is 16.5. The van der Waals surface area contributed by atoms with Gasteiger partial charge in [0.05, 0.1) is 26.4 Å². The van der Waals surface area contributed by atoms with E-state index in [1.807, 2.05) is 6.92 Å². The molecule has 0 heterocycles. The van der Waals surface area contributed by atoms with Crippen molar-refractivity contribution in [2.45, 2.75) is 6.92 Å². The van der Waals surface area contributed by atoms with E-state index in [0.29, 0.717) is 30.2 Å². The van der Waals surface area contributed by atoms with Crippen molar-refractivity contribution in [3.63, 3.8) is 0 Å². The van der Waals surface area contributed by atoms with Gasteiger partial charge in [-0.2, -0.15) is 0 Å². The number of likely N-dealkylation sites (N-methyl/N-ethyl adjacent to an activating group) is 1. The van der Waals surface area contributed by atoms with E-state index in [0.717, 1.165) is 0 Å². The third kappa shape index (κ3) is 3.13. The van der Waals surface area contributed by atoms with Gasteiger partial charge in [-0.1, -0.05) is 0 Å². The molecule has 0 aromatic heterocycles. The van der Waals surface area contributed by atoms with Crippen LogP contribution in [0.4, 0.5) is 0 Å². The van der Waals surface area contributed by atoms with Crippen molar-refractivity contribution >= 4 is 5.91 Å². The van der Waals surface area contributed by atoms with E-state index in [4.69, 9.17) is 14.6 Å². The number of benzene rings is 1. The van der Waals surface area contributed by atoms with E-state index >= 15 is 0 Å². The first-order chi connectivity index (χ1) is 8.67. The van der Waals surface area contributed by atoms with Crippen LogP contribution < -0.4 is 9.47 Å². The molecule has 0 fully saturated rings. The van der Waals surface area contributed by atoms with Gasteiger partial charge >= 0.3 is 0 Å². The fourth-order valence-electron chi connectivity index (χ4n) is 1.68. The molecule has 5 heteroatoms.